The molecule has 0 aliphatic carbocycles. The largest absolute Gasteiger partial charge is 0.495 e. The first-order valence-corrected chi connectivity index (χ1v) is 7.79. The van der Waals surface area contributed by atoms with E-state index in [0.29, 0.717) is 5.02 Å². The number of halogens is 2. The van der Waals surface area contributed by atoms with Crippen LogP contribution < -0.4 is 9.46 Å². The SMILES string of the molecule is COc1ccccc1S(=O)(=O)Nc1ccc(Cl)cc1Cl. The summed E-state index contributed by atoms with van der Waals surface area (Å²) in [5, 5.41) is 0.645. The molecule has 0 atom stereocenters. The van der Waals surface area contributed by atoms with E-state index in [2.05, 4.69) is 4.72 Å². The number of anilines is 1. The zero-order valence-electron chi connectivity index (χ0n) is 10.4. The van der Waals surface area contributed by atoms with Gasteiger partial charge in [0.25, 0.3) is 10.0 Å². The van der Waals surface area contributed by atoms with E-state index in [1.165, 1.54) is 25.3 Å². The Hall–Kier alpha value is -1.43. The van der Waals surface area contributed by atoms with Crippen LogP contribution in [0.5, 0.6) is 5.75 Å². The fourth-order valence-electron chi connectivity index (χ4n) is 1.61. The van der Waals surface area contributed by atoms with Crippen molar-refractivity contribution < 1.29 is 13.2 Å². The number of hydrogen-bond acceptors (Lipinski definition) is 3. The van der Waals surface area contributed by atoms with Crippen molar-refractivity contribution in [3.8, 4) is 5.75 Å². The highest BCUT2D eigenvalue weighted by molar-refractivity contribution is 7.92. The molecule has 0 saturated carbocycles. The Bertz CT molecular complexity index is 732. The molecular weight excluding hydrogens is 321 g/mol. The average Bonchev–Trinajstić information content (AvgIpc) is 2.42. The van der Waals surface area contributed by atoms with Gasteiger partial charge in [-0.15, -0.1) is 0 Å². The highest BCUT2D eigenvalue weighted by Gasteiger charge is 2.20. The lowest BCUT2D eigenvalue weighted by atomic mass is 10.3. The lowest BCUT2D eigenvalue weighted by Crippen LogP contribution is -2.14. The van der Waals surface area contributed by atoms with E-state index in [-0.39, 0.29) is 21.4 Å². The molecular formula is C13H11Cl2NO3S. The molecule has 0 aliphatic heterocycles. The number of nitrogens with one attached hydrogen (secondary N) is 1. The minimum absolute atomic E-state index is 0.0357. The van der Waals surface area contributed by atoms with Gasteiger partial charge in [0.05, 0.1) is 17.8 Å². The van der Waals surface area contributed by atoms with Crippen molar-refractivity contribution in [2.75, 3.05) is 11.8 Å². The molecule has 0 aromatic heterocycles. The van der Waals surface area contributed by atoms with Gasteiger partial charge in [-0.1, -0.05) is 35.3 Å². The molecule has 106 valence electrons. The molecule has 0 bridgehead atoms. The number of methoxy groups -OCH3 is 1. The van der Waals surface area contributed by atoms with Crippen molar-refractivity contribution in [1.29, 1.82) is 0 Å². The highest BCUT2D eigenvalue weighted by atomic mass is 35.5. The number of benzene rings is 2. The molecule has 0 unspecified atom stereocenters. The lowest BCUT2D eigenvalue weighted by molar-refractivity contribution is 0.403. The van der Waals surface area contributed by atoms with Crippen molar-refractivity contribution in [2.45, 2.75) is 4.90 Å². The quantitative estimate of drug-likeness (QED) is 0.926. The monoisotopic (exact) mass is 331 g/mol. The first-order chi connectivity index (χ1) is 9.44. The minimum atomic E-state index is -3.79. The first-order valence-electron chi connectivity index (χ1n) is 5.55. The van der Waals surface area contributed by atoms with Crippen LogP contribution in [0, 0.1) is 0 Å². The fraction of sp³-hybridized carbons (Fsp3) is 0.0769. The number of sulfonamides is 1. The summed E-state index contributed by atoms with van der Waals surface area (Å²) in [6.07, 6.45) is 0. The van der Waals surface area contributed by atoms with Crippen LogP contribution in [0.2, 0.25) is 10.0 Å². The topological polar surface area (TPSA) is 55.4 Å². The second-order valence-electron chi connectivity index (χ2n) is 3.88. The number of hydrogen-bond donors (Lipinski definition) is 1. The van der Waals surface area contributed by atoms with Crippen molar-refractivity contribution >= 4 is 38.9 Å². The molecule has 1 N–H and O–H groups in total. The summed E-state index contributed by atoms with van der Waals surface area (Å²) < 4.78 is 32.1. The van der Waals surface area contributed by atoms with E-state index < -0.39 is 10.0 Å². The molecule has 0 heterocycles. The zero-order valence-corrected chi connectivity index (χ0v) is 12.8. The van der Waals surface area contributed by atoms with Crippen LogP contribution in [0.1, 0.15) is 0 Å². The molecule has 2 aromatic rings. The summed E-state index contributed by atoms with van der Waals surface area (Å²) in [6, 6.07) is 10.8. The Labute approximate surface area is 127 Å². The molecule has 2 aromatic carbocycles. The van der Waals surface area contributed by atoms with Crippen LogP contribution in [0.4, 0.5) is 5.69 Å². The predicted octanol–water partition coefficient (Wildman–Crippen LogP) is 3.80. The predicted molar refractivity (Wildman–Crippen MR) is 80.3 cm³/mol. The van der Waals surface area contributed by atoms with Gasteiger partial charge in [0.2, 0.25) is 0 Å². The first kappa shape index (κ1) is 15.0. The molecule has 7 heteroatoms. The maximum absolute atomic E-state index is 12.3. The van der Waals surface area contributed by atoms with E-state index in [9.17, 15) is 8.42 Å². The van der Waals surface area contributed by atoms with E-state index >= 15 is 0 Å². The molecule has 0 aliphatic rings. The van der Waals surface area contributed by atoms with Gasteiger partial charge in [0, 0.05) is 5.02 Å². The zero-order chi connectivity index (χ0) is 14.8. The lowest BCUT2D eigenvalue weighted by Gasteiger charge is -2.12. The smallest absolute Gasteiger partial charge is 0.265 e. The Balaban J connectivity index is 2.41. The van der Waals surface area contributed by atoms with Gasteiger partial charge in [-0.05, 0) is 30.3 Å². The molecule has 20 heavy (non-hydrogen) atoms. The number of rotatable bonds is 4. The second kappa shape index (κ2) is 5.91. The van der Waals surface area contributed by atoms with Gasteiger partial charge < -0.3 is 4.74 Å². The van der Waals surface area contributed by atoms with Gasteiger partial charge in [0.15, 0.2) is 0 Å². The Morgan fingerprint density at radius 3 is 2.45 bits per heavy atom. The van der Waals surface area contributed by atoms with Crippen LogP contribution in [-0.2, 0) is 10.0 Å². The van der Waals surface area contributed by atoms with Crippen molar-refractivity contribution in [1.82, 2.24) is 0 Å². The third kappa shape index (κ3) is 3.17. The van der Waals surface area contributed by atoms with Crippen molar-refractivity contribution in [3.63, 3.8) is 0 Å². The van der Waals surface area contributed by atoms with Gasteiger partial charge in [-0.3, -0.25) is 4.72 Å². The molecule has 4 nitrogen and oxygen atoms in total. The van der Waals surface area contributed by atoms with Gasteiger partial charge in [-0.25, -0.2) is 8.42 Å². The maximum Gasteiger partial charge on any atom is 0.265 e. The third-order valence-corrected chi connectivity index (χ3v) is 4.49. The van der Waals surface area contributed by atoms with Crippen LogP contribution >= 0.6 is 23.2 Å². The average molecular weight is 332 g/mol. The molecule has 0 radical (unpaired) electrons. The molecule has 2 rings (SSSR count). The molecule has 0 saturated heterocycles. The van der Waals surface area contributed by atoms with Crippen molar-refractivity contribution in [3.05, 3.63) is 52.5 Å². The second-order valence-corrected chi connectivity index (χ2v) is 6.37. The molecule has 0 fully saturated rings. The summed E-state index contributed by atoms with van der Waals surface area (Å²) in [5.74, 6) is 0.255. The number of ether oxygens (including phenoxy) is 1. The Kier molecular flexibility index (Phi) is 4.42. The Morgan fingerprint density at radius 2 is 1.80 bits per heavy atom. The normalized spacial score (nSPS) is 11.2. The summed E-state index contributed by atoms with van der Waals surface area (Å²) in [5.41, 5.74) is 0.252. The highest BCUT2D eigenvalue weighted by Crippen LogP contribution is 2.30. The third-order valence-electron chi connectivity index (χ3n) is 2.53. The van der Waals surface area contributed by atoms with E-state index in [1.54, 1.807) is 24.3 Å². The summed E-state index contributed by atoms with van der Waals surface area (Å²) in [4.78, 5) is 0.0357. The van der Waals surface area contributed by atoms with E-state index in [0.717, 1.165) is 0 Å². The molecule has 0 amide bonds. The van der Waals surface area contributed by atoms with Crippen molar-refractivity contribution in [2.24, 2.45) is 0 Å². The van der Waals surface area contributed by atoms with Crippen LogP contribution in [0.3, 0.4) is 0 Å². The summed E-state index contributed by atoms with van der Waals surface area (Å²) in [6.45, 7) is 0. The van der Waals surface area contributed by atoms with Crippen LogP contribution in [0.15, 0.2) is 47.4 Å². The maximum atomic E-state index is 12.3. The van der Waals surface area contributed by atoms with Gasteiger partial charge >= 0.3 is 0 Å². The van der Waals surface area contributed by atoms with Crippen LogP contribution in [-0.4, -0.2) is 15.5 Å². The summed E-state index contributed by atoms with van der Waals surface area (Å²) >= 11 is 11.7. The number of para-hydroxylation sites is 1. The van der Waals surface area contributed by atoms with Gasteiger partial charge in [0.1, 0.15) is 10.6 Å². The van der Waals surface area contributed by atoms with Gasteiger partial charge in [-0.2, -0.15) is 0 Å². The summed E-state index contributed by atoms with van der Waals surface area (Å²) in [7, 11) is -2.39. The fourth-order valence-corrected chi connectivity index (χ4v) is 3.38. The van der Waals surface area contributed by atoms with E-state index in [4.69, 9.17) is 27.9 Å². The van der Waals surface area contributed by atoms with E-state index in [1.807, 2.05) is 0 Å². The minimum Gasteiger partial charge on any atom is -0.495 e. The molecule has 0 spiro atoms. The van der Waals surface area contributed by atoms with Crippen LogP contribution in [0.25, 0.3) is 0 Å². The Morgan fingerprint density at radius 1 is 1.10 bits per heavy atom. The standard InChI is InChI=1S/C13H11Cl2NO3S/c1-19-12-4-2-3-5-13(12)20(17,18)16-11-7-6-9(14)8-10(11)15/h2-8,16H,1H3.